The maximum atomic E-state index is 11.9. The highest BCUT2D eigenvalue weighted by Crippen LogP contribution is 2.06. The molecular formula is C16H24N4O4. The van der Waals surface area contributed by atoms with Gasteiger partial charge in [-0.1, -0.05) is 37.3 Å². The Labute approximate surface area is 140 Å². The minimum atomic E-state index is -1.18. The molecule has 0 spiro atoms. The lowest BCUT2D eigenvalue weighted by atomic mass is 10.0. The summed E-state index contributed by atoms with van der Waals surface area (Å²) in [5.41, 5.74) is 3.05. The molecule has 8 nitrogen and oxygen atoms in total. The number of carbonyl (C=O) groups is 3. The summed E-state index contributed by atoms with van der Waals surface area (Å²) >= 11 is 0. The van der Waals surface area contributed by atoms with Gasteiger partial charge in [-0.05, 0) is 18.4 Å². The summed E-state index contributed by atoms with van der Waals surface area (Å²) in [5.74, 6) is 4.54. The van der Waals surface area contributed by atoms with Gasteiger partial charge in [0.25, 0.3) is 5.91 Å². The van der Waals surface area contributed by atoms with E-state index < -0.39 is 24.1 Å². The van der Waals surface area contributed by atoms with Crippen molar-refractivity contribution in [3.63, 3.8) is 0 Å². The highest BCUT2D eigenvalue weighted by Gasteiger charge is 2.21. The van der Waals surface area contributed by atoms with Crippen LogP contribution in [0.5, 0.6) is 0 Å². The molecule has 1 aromatic carbocycles. The third-order valence-electron chi connectivity index (χ3n) is 3.57. The SMILES string of the molecule is C[C@H](C=O)CC(CN[C@@H](Cc1ccccc1)C(=O)NN)NC(=O)O. The standard InChI is InChI=1S/C16H24N4O4/c1-11(10-21)7-13(19-16(23)24)9-18-14(15(22)20-17)8-12-5-3-2-4-6-12/h2-6,10-11,13-14,18-19H,7-9,17H2,1H3,(H,20,22)(H,23,24)/t11-,13?,14-/m0/s1. The number of hydrazine groups is 1. The Morgan fingerprint density at radius 1 is 1.29 bits per heavy atom. The first-order valence-corrected chi connectivity index (χ1v) is 7.68. The lowest BCUT2D eigenvalue weighted by molar-refractivity contribution is -0.123. The first kappa shape index (κ1) is 19.6. The lowest BCUT2D eigenvalue weighted by Gasteiger charge is -2.23. The lowest BCUT2D eigenvalue weighted by Crippen LogP contribution is -2.52. The molecule has 0 aliphatic heterocycles. The molecule has 0 bridgehead atoms. The number of benzene rings is 1. The van der Waals surface area contributed by atoms with Gasteiger partial charge in [0.05, 0.1) is 6.04 Å². The molecule has 0 aromatic heterocycles. The van der Waals surface area contributed by atoms with Crippen LogP contribution in [-0.4, -0.2) is 42.0 Å². The largest absolute Gasteiger partial charge is 0.465 e. The van der Waals surface area contributed by atoms with Crippen molar-refractivity contribution in [3.8, 4) is 0 Å². The molecule has 0 aliphatic carbocycles. The summed E-state index contributed by atoms with van der Waals surface area (Å²) in [7, 11) is 0. The summed E-state index contributed by atoms with van der Waals surface area (Å²) in [6.45, 7) is 1.91. The monoisotopic (exact) mass is 336 g/mol. The molecule has 0 fully saturated rings. The molecule has 132 valence electrons. The van der Waals surface area contributed by atoms with Crippen molar-refractivity contribution in [1.82, 2.24) is 16.1 Å². The van der Waals surface area contributed by atoms with E-state index in [1.165, 1.54) is 0 Å². The quantitative estimate of drug-likeness (QED) is 0.177. The summed E-state index contributed by atoms with van der Waals surface area (Å²) in [5, 5.41) is 14.3. The Kier molecular flexibility index (Phi) is 8.45. The Bertz CT molecular complexity index is 538. The molecule has 0 heterocycles. The fourth-order valence-corrected chi connectivity index (χ4v) is 2.36. The number of hydrogen-bond donors (Lipinski definition) is 5. The van der Waals surface area contributed by atoms with Crippen molar-refractivity contribution < 1.29 is 19.5 Å². The summed E-state index contributed by atoms with van der Waals surface area (Å²) < 4.78 is 0. The van der Waals surface area contributed by atoms with Crippen molar-refractivity contribution >= 4 is 18.3 Å². The van der Waals surface area contributed by atoms with Crippen LogP contribution in [-0.2, 0) is 16.0 Å². The number of carboxylic acid groups (broad SMARTS) is 1. The Hall–Kier alpha value is -2.45. The van der Waals surface area contributed by atoms with Gasteiger partial charge in [0, 0.05) is 18.5 Å². The van der Waals surface area contributed by atoms with Gasteiger partial charge < -0.3 is 20.5 Å². The van der Waals surface area contributed by atoms with Crippen LogP contribution < -0.4 is 21.9 Å². The van der Waals surface area contributed by atoms with Crippen LogP contribution in [0.25, 0.3) is 0 Å². The maximum Gasteiger partial charge on any atom is 0.404 e. The molecule has 6 N–H and O–H groups in total. The van der Waals surface area contributed by atoms with Crippen LogP contribution in [0.15, 0.2) is 30.3 Å². The second kappa shape index (κ2) is 10.3. The minimum Gasteiger partial charge on any atom is -0.465 e. The smallest absolute Gasteiger partial charge is 0.404 e. The second-order valence-corrected chi connectivity index (χ2v) is 5.65. The highest BCUT2D eigenvalue weighted by molar-refractivity contribution is 5.81. The van der Waals surface area contributed by atoms with Crippen molar-refractivity contribution in [3.05, 3.63) is 35.9 Å². The van der Waals surface area contributed by atoms with Gasteiger partial charge in [0.1, 0.15) is 6.29 Å². The average Bonchev–Trinajstić information content (AvgIpc) is 2.57. The van der Waals surface area contributed by atoms with Crippen molar-refractivity contribution in [2.75, 3.05) is 6.54 Å². The van der Waals surface area contributed by atoms with Gasteiger partial charge in [-0.15, -0.1) is 0 Å². The van der Waals surface area contributed by atoms with Crippen LogP contribution >= 0.6 is 0 Å². The molecule has 0 aliphatic rings. The summed E-state index contributed by atoms with van der Waals surface area (Å²) in [4.78, 5) is 33.6. The molecule has 1 unspecified atom stereocenters. The van der Waals surface area contributed by atoms with E-state index in [0.717, 1.165) is 11.8 Å². The Morgan fingerprint density at radius 2 is 1.96 bits per heavy atom. The van der Waals surface area contributed by atoms with Gasteiger partial charge in [-0.2, -0.15) is 0 Å². The van der Waals surface area contributed by atoms with E-state index >= 15 is 0 Å². The van der Waals surface area contributed by atoms with E-state index in [1.54, 1.807) is 6.92 Å². The van der Waals surface area contributed by atoms with E-state index in [-0.39, 0.29) is 12.5 Å². The van der Waals surface area contributed by atoms with Crippen LogP contribution in [0, 0.1) is 5.92 Å². The second-order valence-electron chi connectivity index (χ2n) is 5.65. The highest BCUT2D eigenvalue weighted by atomic mass is 16.4. The van der Waals surface area contributed by atoms with Gasteiger partial charge in [-0.3, -0.25) is 10.2 Å². The van der Waals surface area contributed by atoms with E-state index in [4.69, 9.17) is 10.9 Å². The predicted molar refractivity (Wildman–Crippen MR) is 89.1 cm³/mol. The fraction of sp³-hybridized carbons (Fsp3) is 0.438. The Balaban J connectivity index is 2.70. The molecule has 3 atom stereocenters. The molecule has 24 heavy (non-hydrogen) atoms. The molecule has 0 saturated heterocycles. The van der Waals surface area contributed by atoms with Gasteiger partial charge in [-0.25, -0.2) is 10.6 Å². The number of hydrogen-bond acceptors (Lipinski definition) is 5. The topological polar surface area (TPSA) is 134 Å². The minimum absolute atomic E-state index is 0.204. The number of rotatable bonds is 10. The fourth-order valence-electron chi connectivity index (χ4n) is 2.36. The normalized spacial score (nSPS) is 14.2. The van der Waals surface area contributed by atoms with Gasteiger partial charge in [0.15, 0.2) is 0 Å². The molecule has 1 aromatic rings. The number of nitrogens with two attached hydrogens (primary N) is 1. The molecular weight excluding hydrogens is 312 g/mol. The molecule has 1 rings (SSSR count). The number of amides is 2. The van der Waals surface area contributed by atoms with Gasteiger partial charge in [0.2, 0.25) is 0 Å². The first-order valence-electron chi connectivity index (χ1n) is 7.68. The van der Waals surface area contributed by atoms with Crippen LogP contribution in [0.3, 0.4) is 0 Å². The molecule has 2 amide bonds. The predicted octanol–water partition coefficient (Wildman–Crippen LogP) is 0.0385. The van der Waals surface area contributed by atoms with Crippen LogP contribution in [0.2, 0.25) is 0 Å². The van der Waals surface area contributed by atoms with E-state index in [2.05, 4.69) is 16.1 Å². The zero-order valence-electron chi connectivity index (χ0n) is 13.6. The van der Waals surface area contributed by atoms with Crippen LogP contribution in [0.1, 0.15) is 18.9 Å². The zero-order chi connectivity index (χ0) is 17.9. The summed E-state index contributed by atoms with van der Waals surface area (Å²) in [6, 6.07) is 8.29. The van der Waals surface area contributed by atoms with E-state index in [1.807, 2.05) is 30.3 Å². The van der Waals surface area contributed by atoms with Crippen molar-refractivity contribution in [1.29, 1.82) is 0 Å². The van der Waals surface area contributed by atoms with Crippen molar-refractivity contribution in [2.24, 2.45) is 11.8 Å². The first-order chi connectivity index (χ1) is 11.5. The zero-order valence-corrected chi connectivity index (χ0v) is 13.6. The molecule has 0 saturated carbocycles. The third kappa shape index (κ3) is 7.21. The number of carbonyl (C=O) groups excluding carboxylic acids is 2. The van der Waals surface area contributed by atoms with Gasteiger partial charge >= 0.3 is 6.09 Å². The third-order valence-corrected chi connectivity index (χ3v) is 3.57. The number of aldehydes is 1. The van der Waals surface area contributed by atoms with Crippen LogP contribution in [0.4, 0.5) is 4.79 Å². The number of nitrogens with one attached hydrogen (secondary N) is 3. The Morgan fingerprint density at radius 3 is 2.50 bits per heavy atom. The molecule has 0 radical (unpaired) electrons. The van der Waals surface area contributed by atoms with E-state index in [9.17, 15) is 14.4 Å². The summed E-state index contributed by atoms with van der Waals surface area (Å²) in [6.07, 6.45) is 0.338. The molecule has 8 heteroatoms. The van der Waals surface area contributed by atoms with Crippen molar-refractivity contribution in [2.45, 2.75) is 31.8 Å². The maximum absolute atomic E-state index is 11.9. The average molecular weight is 336 g/mol. The van der Waals surface area contributed by atoms with E-state index in [0.29, 0.717) is 12.8 Å².